The molecule has 1 unspecified atom stereocenters. The molecular weight excluding hydrogens is 268 g/mol. The van der Waals surface area contributed by atoms with Gasteiger partial charge in [-0.3, -0.25) is 4.90 Å². The number of anilines is 1. The van der Waals surface area contributed by atoms with Crippen LogP contribution < -0.4 is 5.73 Å². The zero-order valence-corrected chi connectivity index (χ0v) is 10.8. The molecule has 0 spiro atoms. The summed E-state index contributed by atoms with van der Waals surface area (Å²) in [5.74, 6) is 0. The van der Waals surface area contributed by atoms with E-state index in [1.165, 1.54) is 0 Å². The summed E-state index contributed by atoms with van der Waals surface area (Å²) in [7, 11) is 0. The minimum atomic E-state index is -0.176. The van der Waals surface area contributed by atoms with Crippen molar-refractivity contribution in [2.45, 2.75) is 25.5 Å². The standard InChI is InChI=1S/C12H17BrN2O/c13-10-4-3-9(12(14)6-10)7-15-5-1-2-11(16)8-15/h3-4,6,11,16H,1-2,5,7-8,14H2. The number of nitrogens with zero attached hydrogens (tertiary/aromatic N) is 1. The Morgan fingerprint density at radius 2 is 2.31 bits per heavy atom. The molecule has 3 nitrogen and oxygen atoms in total. The monoisotopic (exact) mass is 284 g/mol. The molecule has 4 heteroatoms. The van der Waals surface area contributed by atoms with Gasteiger partial charge in [0.05, 0.1) is 6.10 Å². The van der Waals surface area contributed by atoms with Crippen LogP contribution in [-0.2, 0) is 6.54 Å². The first kappa shape index (κ1) is 11.9. The number of nitrogen functional groups attached to an aromatic ring is 1. The summed E-state index contributed by atoms with van der Waals surface area (Å²) in [4.78, 5) is 2.26. The van der Waals surface area contributed by atoms with Crippen molar-refractivity contribution < 1.29 is 5.11 Å². The van der Waals surface area contributed by atoms with Crippen LogP contribution in [0.1, 0.15) is 18.4 Å². The van der Waals surface area contributed by atoms with Crippen LogP contribution in [0.2, 0.25) is 0 Å². The van der Waals surface area contributed by atoms with Crippen LogP contribution in [0, 0.1) is 0 Å². The van der Waals surface area contributed by atoms with Crippen molar-refractivity contribution in [3.63, 3.8) is 0 Å². The highest BCUT2D eigenvalue weighted by atomic mass is 79.9. The number of β-amino-alcohol motifs (C(OH)–C–C–N with tert-alkyl or cyclic N) is 1. The minimum absolute atomic E-state index is 0.176. The number of halogens is 1. The maximum atomic E-state index is 9.59. The highest BCUT2D eigenvalue weighted by molar-refractivity contribution is 9.10. The smallest absolute Gasteiger partial charge is 0.0667 e. The average Bonchev–Trinajstić information content (AvgIpc) is 2.22. The summed E-state index contributed by atoms with van der Waals surface area (Å²) in [6, 6.07) is 5.97. The molecule has 1 saturated heterocycles. The van der Waals surface area contributed by atoms with Crippen LogP contribution in [0.25, 0.3) is 0 Å². The van der Waals surface area contributed by atoms with Gasteiger partial charge in [0.15, 0.2) is 0 Å². The second-order valence-corrected chi connectivity index (χ2v) is 5.29. The highest BCUT2D eigenvalue weighted by Crippen LogP contribution is 2.21. The molecule has 1 aromatic carbocycles. The molecule has 0 radical (unpaired) electrons. The molecule has 0 amide bonds. The molecule has 1 aliphatic heterocycles. The molecule has 1 aliphatic rings. The van der Waals surface area contributed by atoms with Crippen molar-refractivity contribution in [3.05, 3.63) is 28.2 Å². The lowest BCUT2D eigenvalue weighted by atomic mass is 10.1. The van der Waals surface area contributed by atoms with Crippen molar-refractivity contribution in [2.75, 3.05) is 18.8 Å². The highest BCUT2D eigenvalue weighted by Gasteiger charge is 2.18. The molecular formula is C12H17BrN2O. The van der Waals surface area contributed by atoms with Crippen molar-refractivity contribution in [1.29, 1.82) is 0 Å². The fourth-order valence-electron chi connectivity index (χ4n) is 2.13. The molecule has 0 aromatic heterocycles. The maximum Gasteiger partial charge on any atom is 0.0667 e. The molecule has 1 atom stereocenters. The van der Waals surface area contributed by atoms with Crippen molar-refractivity contribution >= 4 is 21.6 Å². The Morgan fingerprint density at radius 1 is 1.50 bits per heavy atom. The largest absolute Gasteiger partial charge is 0.398 e. The van der Waals surface area contributed by atoms with E-state index >= 15 is 0 Å². The van der Waals surface area contributed by atoms with E-state index in [4.69, 9.17) is 5.73 Å². The van der Waals surface area contributed by atoms with Gasteiger partial charge in [-0.15, -0.1) is 0 Å². The van der Waals surface area contributed by atoms with E-state index in [9.17, 15) is 5.11 Å². The van der Waals surface area contributed by atoms with Crippen LogP contribution in [0.15, 0.2) is 22.7 Å². The lowest BCUT2D eigenvalue weighted by Gasteiger charge is -2.30. The van der Waals surface area contributed by atoms with E-state index in [0.717, 1.165) is 48.2 Å². The van der Waals surface area contributed by atoms with Crippen LogP contribution in [0.3, 0.4) is 0 Å². The van der Waals surface area contributed by atoms with E-state index < -0.39 is 0 Å². The van der Waals surface area contributed by atoms with Gasteiger partial charge in [0, 0.05) is 23.2 Å². The molecule has 1 heterocycles. The van der Waals surface area contributed by atoms with E-state index in [-0.39, 0.29) is 6.10 Å². The van der Waals surface area contributed by atoms with Crippen LogP contribution in [0.5, 0.6) is 0 Å². The van der Waals surface area contributed by atoms with Gasteiger partial charge in [-0.2, -0.15) is 0 Å². The Balaban J connectivity index is 2.02. The number of aliphatic hydroxyl groups is 1. The molecule has 2 rings (SSSR count). The fourth-order valence-corrected chi connectivity index (χ4v) is 2.50. The first-order valence-corrected chi connectivity index (χ1v) is 6.39. The third-order valence-electron chi connectivity index (χ3n) is 2.98. The van der Waals surface area contributed by atoms with Crippen molar-refractivity contribution in [2.24, 2.45) is 0 Å². The van der Waals surface area contributed by atoms with Gasteiger partial charge in [-0.05, 0) is 37.1 Å². The van der Waals surface area contributed by atoms with Crippen molar-refractivity contribution in [3.8, 4) is 0 Å². The minimum Gasteiger partial charge on any atom is -0.398 e. The lowest BCUT2D eigenvalue weighted by Crippen LogP contribution is -2.37. The van der Waals surface area contributed by atoms with Crippen LogP contribution >= 0.6 is 15.9 Å². The number of hydrogen-bond acceptors (Lipinski definition) is 3. The first-order valence-electron chi connectivity index (χ1n) is 5.59. The van der Waals surface area contributed by atoms with E-state index in [1.807, 2.05) is 18.2 Å². The summed E-state index contributed by atoms with van der Waals surface area (Å²) < 4.78 is 1.01. The average molecular weight is 285 g/mol. The SMILES string of the molecule is Nc1cc(Br)ccc1CN1CCCC(O)C1. The zero-order valence-electron chi connectivity index (χ0n) is 9.19. The van der Waals surface area contributed by atoms with Gasteiger partial charge in [0.1, 0.15) is 0 Å². The number of likely N-dealkylation sites (tertiary alicyclic amines) is 1. The Kier molecular flexibility index (Phi) is 3.84. The van der Waals surface area contributed by atoms with Crippen molar-refractivity contribution in [1.82, 2.24) is 4.90 Å². The fraction of sp³-hybridized carbons (Fsp3) is 0.500. The van der Waals surface area contributed by atoms with E-state index in [1.54, 1.807) is 0 Å². The molecule has 88 valence electrons. The summed E-state index contributed by atoms with van der Waals surface area (Å²) in [6.45, 7) is 2.64. The summed E-state index contributed by atoms with van der Waals surface area (Å²) in [5.41, 5.74) is 7.90. The maximum absolute atomic E-state index is 9.59. The third-order valence-corrected chi connectivity index (χ3v) is 3.48. The van der Waals surface area contributed by atoms with E-state index in [2.05, 4.69) is 20.8 Å². The van der Waals surface area contributed by atoms with E-state index in [0.29, 0.717) is 0 Å². The van der Waals surface area contributed by atoms with Gasteiger partial charge >= 0.3 is 0 Å². The second kappa shape index (κ2) is 5.17. The van der Waals surface area contributed by atoms with Gasteiger partial charge in [-0.25, -0.2) is 0 Å². The number of hydrogen-bond donors (Lipinski definition) is 2. The number of rotatable bonds is 2. The number of aliphatic hydroxyl groups excluding tert-OH is 1. The summed E-state index contributed by atoms with van der Waals surface area (Å²) >= 11 is 3.40. The molecule has 1 aromatic rings. The lowest BCUT2D eigenvalue weighted by molar-refractivity contribution is 0.0669. The predicted molar refractivity (Wildman–Crippen MR) is 69.1 cm³/mol. The second-order valence-electron chi connectivity index (χ2n) is 4.37. The van der Waals surface area contributed by atoms with Crippen LogP contribution in [-0.4, -0.2) is 29.2 Å². The molecule has 0 saturated carbocycles. The molecule has 0 bridgehead atoms. The Bertz CT molecular complexity index is 370. The number of piperidine rings is 1. The summed E-state index contributed by atoms with van der Waals surface area (Å²) in [6.07, 6.45) is 1.81. The first-order chi connectivity index (χ1) is 7.65. The Labute approximate surface area is 104 Å². The molecule has 3 N–H and O–H groups in total. The quantitative estimate of drug-likeness (QED) is 0.817. The number of nitrogens with two attached hydrogens (primary N) is 1. The normalized spacial score (nSPS) is 22.2. The third kappa shape index (κ3) is 2.97. The van der Waals surface area contributed by atoms with Gasteiger partial charge in [0.2, 0.25) is 0 Å². The van der Waals surface area contributed by atoms with Crippen LogP contribution in [0.4, 0.5) is 5.69 Å². The molecule has 1 fully saturated rings. The van der Waals surface area contributed by atoms with Gasteiger partial charge in [-0.1, -0.05) is 22.0 Å². The Hall–Kier alpha value is -0.580. The predicted octanol–water partition coefficient (Wildman–Crippen LogP) is 1.99. The van der Waals surface area contributed by atoms with Gasteiger partial charge in [0.25, 0.3) is 0 Å². The molecule has 16 heavy (non-hydrogen) atoms. The van der Waals surface area contributed by atoms with Gasteiger partial charge < -0.3 is 10.8 Å². The molecule has 0 aliphatic carbocycles. The number of benzene rings is 1. The summed E-state index contributed by atoms with van der Waals surface area (Å²) in [5, 5.41) is 9.59. The topological polar surface area (TPSA) is 49.5 Å². The Morgan fingerprint density at radius 3 is 3.00 bits per heavy atom. The zero-order chi connectivity index (χ0) is 11.5.